The first-order valence-corrected chi connectivity index (χ1v) is 7.33. The molecule has 1 aromatic rings. The maximum atomic E-state index is 11.9. The summed E-state index contributed by atoms with van der Waals surface area (Å²) in [6, 6.07) is 7.70. The van der Waals surface area contributed by atoms with E-state index in [-0.39, 0.29) is 5.91 Å². The fraction of sp³-hybridized carbons (Fsp3) is 0.562. The molecule has 1 aromatic carbocycles. The second kappa shape index (κ2) is 8.70. The summed E-state index contributed by atoms with van der Waals surface area (Å²) in [6.45, 7) is 10.0. The molecule has 106 valence electrons. The van der Waals surface area contributed by atoms with Gasteiger partial charge >= 0.3 is 0 Å². The van der Waals surface area contributed by atoms with Gasteiger partial charge in [-0.1, -0.05) is 32.0 Å². The quantitative estimate of drug-likeness (QED) is 0.905. The molecule has 1 aliphatic heterocycles. The molecular weight excluding hydrogens is 236 g/mol. The number of nitrogens with zero attached hydrogens (tertiary/aromatic N) is 1. The van der Waals surface area contributed by atoms with Crippen molar-refractivity contribution in [3.8, 4) is 0 Å². The molecule has 1 fully saturated rings. The second-order valence-electron chi connectivity index (χ2n) is 4.62. The Morgan fingerprint density at radius 2 is 1.84 bits per heavy atom. The van der Waals surface area contributed by atoms with Crippen LogP contribution in [0.2, 0.25) is 0 Å². The maximum absolute atomic E-state index is 11.9. The Bertz CT molecular complexity index is 384. The fourth-order valence-electron chi connectivity index (χ4n) is 2.26. The number of rotatable bonds is 4. The average Bonchev–Trinajstić information content (AvgIpc) is 2.94. The number of hydrogen-bond donors (Lipinski definition) is 1. The van der Waals surface area contributed by atoms with E-state index in [0.717, 1.165) is 24.2 Å². The number of amides is 1. The van der Waals surface area contributed by atoms with Crippen LogP contribution in [-0.4, -0.2) is 37.0 Å². The predicted molar refractivity (Wildman–Crippen MR) is 80.5 cm³/mol. The van der Waals surface area contributed by atoms with Gasteiger partial charge in [0.15, 0.2) is 0 Å². The molecule has 3 heteroatoms. The van der Waals surface area contributed by atoms with E-state index in [4.69, 9.17) is 0 Å². The number of likely N-dealkylation sites (tertiary alicyclic amines) is 1. The summed E-state index contributed by atoms with van der Waals surface area (Å²) in [5, 5.41) is 2.99. The summed E-state index contributed by atoms with van der Waals surface area (Å²) in [5.41, 5.74) is 1.82. The van der Waals surface area contributed by atoms with Crippen molar-refractivity contribution in [1.82, 2.24) is 10.2 Å². The molecule has 0 aromatic heterocycles. The lowest BCUT2D eigenvalue weighted by atomic mass is 10.1. The minimum absolute atomic E-state index is 0.0438. The van der Waals surface area contributed by atoms with Gasteiger partial charge in [-0.25, -0.2) is 0 Å². The van der Waals surface area contributed by atoms with Crippen molar-refractivity contribution >= 4 is 5.91 Å². The number of carbonyl (C=O) groups is 1. The number of aryl methyl sites for hydroxylation is 1. The van der Waals surface area contributed by atoms with E-state index in [0.29, 0.717) is 0 Å². The molecule has 1 amide bonds. The van der Waals surface area contributed by atoms with Crippen LogP contribution in [0.25, 0.3) is 0 Å². The van der Waals surface area contributed by atoms with Gasteiger partial charge in [-0.3, -0.25) is 4.79 Å². The van der Waals surface area contributed by atoms with Gasteiger partial charge in [0.25, 0.3) is 5.91 Å². The van der Waals surface area contributed by atoms with E-state index >= 15 is 0 Å². The molecule has 1 N–H and O–H groups in total. The number of nitrogens with one attached hydrogen (secondary N) is 1. The number of benzene rings is 1. The van der Waals surface area contributed by atoms with Crippen LogP contribution in [0.15, 0.2) is 24.3 Å². The van der Waals surface area contributed by atoms with Gasteiger partial charge in [0, 0.05) is 18.7 Å². The Morgan fingerprint density at radius 1 is 1.21 bits per heavy atom. The minimum Gasteiger partial charge on any atom is -0.351 e. The Labute approximate surface area is 117 Å². The summed E-state index contributed by atoms with van der Waals surface area (Å²) in [7, 11) is 0. The van der Waals surface area contributed by atoms with Crippen LogP contribution in [0, 0.1) is 6.92 Å². The zero-order valence-electron chi connectivity index (χ0n) is 12.4. The highest BCUT2D eigenvalue weighted by Gasteiger charge is 2.12. The summed E-state index contributed by atoms with van der Waals surface area (Å²) in [5.74, 6) is 0.0438. The molecule has 0 atom stereocenters. The van der Waals surface area contributed by atoms with Gasteiger partial charge in [0.1, 0.15) is 0 Å². The lowest BCUT2D eigenvalue weighted by Gasteiger charge is -2.15. The second-order valence-corrected chi connectivity index (χ2v) is 4.62. The van der Waals surface area contributed by atoms with Crippen molar-refractivity contribution in [1.29, 1.82) is 0 Å². The standard InChI is InChI=1S/C14H20N2O.C2H6/c1-12-6-2-3-7-13(12)14(17)15-8-11-16-9-4-5-10-16;1-2/h2-3,6-7H,4-5,8-11H2,1H3,(H,15,17);1-2H3. The molecule has 0 radical (unpaired) electrons. The van der Waals surface area contributed by atoms with Crippen molar-refractivity contribution in [2.45, 2.75) is 33.6 Å². The SMILES string of the molecule is CC.Cc1ccccc1C(=O)NCCN1CCCC1. The van der Waals surface area contributed by atoms with E-state index in [1.807, 2.05) is 45.0 Å². The van der Waals surface area contributed by atoms with Crippen molar-refractivity contribution in [2.75, 3.05) is 26.2 Å². The molecule has 3 nitrogen and oxygen atoms in total. The van der Waals surface area contributed by atoms with Crippen LogP contribution < -0.4 is 5.32 Å². The average molecular weight is 262 g/mol. The molecule has 0 saturated carbocycles. The molecule has 2 rings (SSSR count). The van der Waals surface area contributed by atoms with E-state index in [2.05, 4.69) is 10.2 Å². The maximum Gasteiger partial charge on any atom is 0.251 e. The Balaban J connectivity index is 0.000000861. The van der Waals surface area contributed by atoms with Crippen LogP contribution >= 0.6 is 0 Å². The zero-order chi connectivity index (χ0) is 14.1. The summed E-state index contributed by atoms with van der Waals surface area (Å²) >= 11 is 0. The Kier molecular flexibility index (Phi) is 7.19. The lowest BCUT2D eigenvalue weighted by molar-refractivity contribution is 0.0949. The smallest absolute Gasteiger partial charge is 0.251 e. The highest BCUT2D eigenvalue weighted by molar-refractivity contribution is 5.95. The van der Waals surface area contributed by atoms with Crippen LogP contribution in [-0.2, 0) is 0 Å². The molecule has 0 bridgehead atoms. The van der Waals surface area contributed by atoms with E-state index in [1.165, 1.54) is 25.9 Å². The van der Waals surface area contributed by atoms with Crippen molar-refractivity contribution in [2.24, 2.45) is 0 Å². The zero-order valence-corrected chi connectivity index (χ0v) is 12.4. The molecule has 1 heterocycles. The Hall–Kier alpha value is -1.35. The third-order valence-corrected chi connectivity index (χ3v) is 3.30. The fourth-order valence-corrected chi connectivity index (χ4v) is 2.26. The molecule has 0 unspecified atom stereocenters. The molecule has 19 heavy (non-hydrogen) atoms. The van der Waals surface area contributed by atoms with E-state index in [1.54, 1.807) is 0 Å². The molecule has 0 spiro atoms. The molecule has 1 saturated heterocycles. The predicted octanol–water partition coefficient (Wildman–Crippen LogP) is 2.85. The number of carbonyl (C=O) groups excluding carboxylic acids is 1. The van der Waals surface area contributed by atoms with Gasteiger partial charge in [-0.2, -0.15) is 0 Å². The van der Waals surface area contributed by atoms with Crippen LogP contribution in [0.1, 0.15) is 42.6 Å². The first kappa shape index (κ1) is 15.7. The number of hydrogen-bond acceptors (Lipinski definition) is 2. The Morgan fingerprint density at radius 3 is 2.47 bits per heavy atom. The molecule has 0 aliphatic carbocycles. The normalized spacial score (nSPS) is 14.7. The first-order chi connectivity index (χ1) is 9.27. The highest BCUT2D eigenvalue weighted by atomic mass is 16.1. The third-order valence-electron chi connectivity index (χ3n) is 3.30. The third kappa shape index (κ3) is 5.03. The van der Waals surface area contributed by atoms with Gasteiger partial charge in [0.2, 0.25) is 0 Å². The first-order valence-electron chi connectivity index (χ1n) is 7.33. The van der Waals surface area contributed by atoms with Gasteiger partial charge in [-0.05, 0) is 44.5 Å². The van der Waals surface area contributed by atoms with Gasteiger partial charge < -0.3 is 10.2 Å². The van der Waals surface area contributed by atoms with Crippen LogP contribution in [0.4, 0.5) is 0 Å². The van der Waals surface area contributed by atoms with Gasteiger partial charge in [-0.15, -0.1) is 0 Å². The van der Waals surface area contributed by atoms with E-state index < -0.39 is 0 Å². The minimum atomic E-state index is 0.0438. The van der Waals surface area contributed by atoms with Crippen LogP contribution in [0.5, 0.6) is 0 Å². The summed E-state index contributed by atoms with van der Waals surface area (Å²) in [6.07, 6.45) is 2.59. The van der Waals surface area contributed by atoms with Crippen molar-refractivity contribution < 1.29 is 4.79 Å². The van der Waals surface area contributed by atoms with E-state index in [9.17, 15) is 4.79 Å². The monoisotopic (exact) mass is 262 g/mol. The summed E-state index contributed by atoms with van der Waals surface area (Å²) in [4.78, 5) is 14.3. The van der Waals surface area contributed by atoms with Gasteiger partial charge in [0.05, 0.1) is 0 Å². The van der Waals surface area contributed by atoms with Crippen LogP contribution in [0.3, 0.4) is 0 Å². The topological polar surface area (TPSA) is 32.3 Å². The molecular formula is C16H26N2O. The summed E-state index contributed by atoms with van der Waals surface area (Å²) < 4.78 is 0. The van der Waals surface area contributed by atoms with Crippen molar-refractivity contribution in [3.63, 3.8) is 0 Å². The largest absolute Gasteiger partial charge is 0.351 e. The van der Waals surface area contributed by atoms with Crippen molar-refractivity contribution in [3.05, 3.63) is 35.4 Å². The highest BCUT2D eigenvalue weighted by Crippen LogP contribution is 2.07. The lowest BCUT2D eigenvalue weighted by Crippen LogP contribution is -2.33. The molecule has 1 aliphatic rings.